The summed E-state index contributed by atoms with van der Waals surface area (Å²) in [6, 6.07) is 0. The van der Waals surface area contributed by atoms with E-state index in [-0.39, 0.29) is 18.6 Å². The number of carboxylic acids is 2. The second-order valence-corrected chi connectivity index (χ2v) is 6.19. The summed E-state index contributed by atoms with van der Waals surface area (Å²) in [5.41, 5.74) is 0. The molecule has 1 saturated carbocycles. The molecule has 0 aromatic heterocycles. The number of carbonyl (C=O) groups excluding carboxylic acids is 1. The maximum absolute atomic E-state index is 12.0. The topological polar surface area (TPSA) is 132 Å². The Bertz CT molecular complexity index is 424. The van der Waals surface area contributed by atoms with E-state index in [4.69, 9.17) is 5.11 Å². The lowest BCUT2D eigenvalue weighted by atomic mass is 9.82. The predicted octanol–water partition coefficient (Wildman–Crippen LogP) is 1.02. The summed E-state index contributed by atoms with van der Waals surface area (Å²) in [4.78, 5) is 33.8. The highest BCUT2D eigenvalue weighted by Crippen LogP contribution is 2.42. The minimum absolute atomic E-state index is 0.107. The molecule has 22 heavy (non-hydrogen) atoms. The first-order chi connectivity index (χ1) is 10.1. The van der Waals surface area contributed by atoms with Crippen molar-refractivity contribution >= 4 is 17.7 Å². The summed E-state index contributed by atoms with van der Waals surface area (Å²) >= 11 is 0. The highest BCUT2D eigenvalue weighted by atomic mass is 16.5. The van der Waals surface area contributed by atoms with E-state index in [0.29, 0.717) is 25.7 Å². The van der Waals surface area contributed by atoms with E-state index < -0.39 is 35.5 Å². The molecule has 1 rings (SSSR count). The molecular formula is C15H24O7. The molecule has 1 aliphatic rings. The van der Waals surface area contributed by atoms with E-state index in [0.717, 1.165) is 13.3 Å². The van der Waals surface area contributed by atoms with Crippen LogP contribution in [0.3, 0.4) is 0 Å². The normalized spacial score (nSPS) is 25.4. The van der Waals surface area contributed by atoms with E-state index in [2.05, 4.69) is 0 Å². The Balaban J connectivity index is 2.52. The van der Waals surface area contributed by atoms with E-state index in [1.807, 2.05) is 0 Å². The quantitative estimate of drug-likeness (QED) is 0.369. The summed E-state index contributed by atoms with van der Waals surface area (Å²) < 4.78 is 0. The zero-order chi connectivity index (χ0) is 16.9. The SMILES string of the molecule is CC(O)(O)[C@@H]1CC(=O)C(CCCCCCC(=O)O)[C@@H]1C(=O)O. The first-order valence-corrected chi connectivity index (χ1v) is 7.56. The lowest BCUT2D eigenvalue weighted by molar-refractivity contribution is -0.200. The van der Waals surface area contributed by atoms with Crippen LogP contribution in [0.5, 0.6) is 0 Å². The monoisotopic (exact) mass is 316 g/mol. The fraction of sp³-hybridized carbons (Fsp3) is 0.800. The van der Waals surface area contributed by atoms with Crippen LogP contribution < -0.4 is 0 Å². The van der Waals surface area contributed by atoms with Crippen molar-refractivity contribution in [2.75, 3.05) is 0 Å². The molecule has 0 aliphatic heterocycles. The summed E-state index contributed by atoms with van der Waals surface area (Å²) in [7, 11) is 0. The maximum atomic E-state index is 12.0. The molecule has 0 aromatic rings. The van der Waals surface area contributed by atoms with Crippen molar-refractivity contribution in [1.82, 2.24) is 0 Å². The number of aliphatic carboxylic acids is 2. The predicted molar refractivity (Wildman–Crippen MR) is 75.9 cm³/mol. The Kier molecular flexibility index (Phi) is 6.49. The molecular weight excluding hydrogens is 292 g/mol. The Morgan fingerprint density at radius 2 is 1.73 bits per heavy atom. The lowest BCUT2D eigenvalue weighted by Crippen LogP contribution is -2.40. The van der Waals surface area contributed by atoms with Crippen LogP contribution in [0.1, 0.15) is 51.9 Å². The van der Waals surface area contributed by atoms with Crippen molar-refractivity contribution in [1.29, 1.82) is 0 Å². The molecule has 0 bridgehead atoms. The number of unbranched alkanes of at least 4 members (excludes halogenated alkanes) is 3. The van der Waals surface area contributed by atoms with Crippen molar-refractivity contribution in [2.45, 2.75) is 57.7 Å². The summed E-state index contributed by atoms with van der Waals surface area (Å²) in [5.74, 6) is -7.21. The Hall–Kier alpha value is -1.47. The summed E-state index contributed by atoms with van der Waals surface area (Å²) in [6.45, 7) is 1.11. The van der Waals surface area contributed by atoms with Gasteiger partial charge in [-0.1, -0.05) is 19.3 Å². The van der Waals surface area contributed by atoms with Gasteiger partial charge in [0, 0.05) is 24.7 Å². The molecule has 0 saturated heterocycles. The maximum Gasteiger partial charge on any atom is 0.307 e. The van der Waals surface area contributed by atoms with Gasteiger partial charge in [0.15, 0.2) is 5.79 Å². The number of Topliss-reactive ketones (excluding diaryl/α,β-unsaturated/α-hetero) is 1. The fourth-order valence-electron chi connectivity index (χ4n) is 3.19. The van der Waals surface area contributed by atoms with Gasteiger partial charge in [0.05, 0.1) is 5.92 Å². The number of aliphatic hydroxyl groups is 2. The fourth-order valence-corrected chi connectivity index (χ4v) is 3.19. The smallest absolute Gasteiger partial charge is 0.307 e. The highest BCUT2D eigenvalue weighted by Gasteiger charge is 2.52. The largest absolute Gasteiger partial charge is 0.481 e. The Labute approximate surface area is 129 Å². The number of hydrogen-bond donors (Lipinski definition) is 4. The molecule has 3 atom stereocenters. The van der Waals surface area contributed by atoms with Crippen LogP contribution in [0.4, 0.5) is 0 Å². The van der Waals surface area contributed by atoms with Gasteiger partial charge in [0.2, 0.25) is 0 Å². The van der Waals surface area contributed by atoms with Crippen LogP contribution in [0.25, 0.3) is 0 Å². The van der Waals surface area contributed by atoms with Crippen molar-refractivity contribution in [2.24, 2.45) is 17.8 Å². The molecule has 0 spiro atoms. The molecule has 4 N–H and O–H groups in total. The molecule has 1 fully saturated rings. The zero-order valence-electron chi connectivity index (χ0n) is 12.7. The Morgan fingerprint density at radius 3 is 2.23 bits per heavy atom. The van der Waals surface area contributed by atoms with Crippen molar-refractivity contribution in [3.8, 4) is 0 Å². The second-order valence-electron chi connectivity index (χ2n) is 6.19. The highest BCUT2D eigenvalue weighted by molar-refractivity contribution is 5.90. The van der Waals surface area contributed by atoms with Crippen molar-refractivity contribution < 1.29 is 34.8 Å². The van der Waals surface area contributed by atoms with Crippen LogP contribution >= 0.6 is 0 Å². The number of carbonyl (C=O) groups is 3. The van der Waals surface area contributed by atoms with E-state index in [1.54, 1.807) is 0 Å². The Morgan fingerprint density at radius 1 is 1.14 bits per heavy atom. The number of hydrogen-bond acceptors (Lipinski definition) is 5. The second kappa shape index (κ2) is 7.69. The average Bonchev–Trinajstić information content (AvgIpc) is 2.70. The van der Waals surface area contributed by atoms with Crippen LogP contribution in [0.2, 0.25) is 0 Å². The number of ketones is 1. The standard InChI is InChI=1S/C15H24O7/c1-15(21,22)10-8-11(16)9(13(10)14(19)20)6-4-2-3-5-7-12(17)18/h9-10,13,21-22H,2-8H2,1H3,(H,17,18)(H,19,20)/t9?,10-,13+/m1/s1. The third-order valence-electron chi connectivity index (χ3n) is 4.35. The molecule has 0 aromatic carbocycles. The molecule has 1 unspecified atom stereocenters. The van der Waals surface area contributed by atoms with Gasteiger partial charge in [-0.3, -0.25) is 14.4 Å². The van der Waals surface area contributed by atoms with Crippen molar-refractivity contribution in [3.05, 3.63) is 0 Å². The van der Waals surface area contributed by atoms with Crippen LogP contribution in [0.15, 0.2) is 0 Å². The zero-order valence-corrected chi connectivity index (χ0v) is 12.7. The minimum atomic E-state index is -2.19. The molecule has 1 aliphatic carbocycles. The van der Waals surface area contributed by atoms with Gasteiger partial charge in [-0.2, -0.15) is 0 Å². The summed E-state index contributed by atoms with van der Waals surface area (Å²) in [5, 5.41) is 37.1. The van der Waals surface area contributed by atoms with Gasteiger partial charge < -0.3 is 20.4 Å². The van der Waals surface area contributed by atoms with Gasteiger partial charge in [-0.05, 0) is 19.8 Å². The summed E-state index contributed by atoms with van der Waals surface area (Å²) in [6.07, 6.45) is 2.98. The van der Waals surface area contributed by atoms with Gasteiger partial charge in [-0.15, -0.1) is 0 Å². The molecule has 126 valence electrons. The van der Waals surface area contributed by atoms with Crippen LogP contribution in [-0.4, -0.2) is 43.9 Å². The van der Waals surface area contributed by atoms with Gasteiger partial charge >= 0.3 is 11.9 Å². The first-order valence-electron chi connectivity index (χ1n) is 7.56. The minimum Gasteiger partial charge on any atom is -0.481 e. The van der Waals surface area contributed by atoms with Gasteiger partial charge in [0.25, 0.3) is 0 Å². The van der Waals surface area contributed by atoms with Crippen LogP contribution in [-0.2, 0) is 14.4 Å². The van der Waals surface area contributed by atoms with Gasteiger partial charge in [-0.25, -0.2) is 0 Å². The third kappa shape index (κ3) is 5.06. The molecule has 0 amide bonds. The molecule has 0 heterocycles. The average molecular weight is 316 g/mol. The molecule has 0 radical (unpaired) electrons. The van der Waals surface area contributed by atoms with Crippen LogP contribution in [0, 0.1) is 17.8 Å². The lowest BCUT2D eigenvalue weighted by Gasteiger charge is -2.28. The van der Waals surface area contributed by atoms with E-state index >= 15 is 0 Å². The third-order valence-corrected chi connectivity index (χ3v) is 4.35. The number of carboxylic acid groups (broad SMARTS) is 2. The van der Waals surface area contributed by atoms with E-state index in [1.165, 1.54) is 0 Å². The molecule has 7 nitrogen and oxygen atoms in total. The first kappa shape index (κ1) is 18.6. The molecule has 7 heteroatoms. The number of rotatable bonds is 9. The van der Waals surface area contributed by atoms with E-state index in [9.17, 15) is 29.7 Å². The van der Waals surface area contributed by atoms with Crippen molar-refractivity contribution in [3.63, 3.8) is 0 Å². The van der Waals surface area contributed by atoms with Gasteiger partial charge in [0.1, 0.15) is 5.78 Å².